The number of aromatic nitrogens is 4. The van der Waals surface area contributed by atoms with Crippen LogP contribution in [0, 0.1) is 13.8 Å². The lowest BCUT2D eigenvalue weighted by atomic mass is 10.2. The van der Waals surface area contributed by atoms with Gasteiger partial charge in [-0.25, -0.2) is 19.5 Å². The van der Waals surface area contributed by atoms with Crippen LogP contribution in [-0.2, 0) is 0 Å². The Balaban J connectivity index is 2.31. The summed E-state index contributed by atoms with van der Waals surface area (Å²) in [6, 6.07) is 7.86. The van der Waals surface area contributed by atoms with Crippen molar-refractivity contribution in [2.75, 3.05) is 5.01 Å². The minimum Gasteiger partial charge on any atom is -0.236 e. The van der Waals surface area contributed by atoms with Crippen molar-refractivity contribution in [3.8, 4) is 11.4 Å². The first-order valence-corrected chi connectivity index (χ1v) is 8.24. The van der Waals surface area contributed by atoms with E-state index in [-0.39, 0.29) is 0 Å². The number of aryl methyl sites for hydroxylation is 2. The number of hydrogen-bond acceptors (Lipinski definition) is 5. The molecule has 7 heteroatoms. The van der Waals surface area contributed by atoms with Crippen LogP contribution >= 0.6 is 15.9 Å². The van der Waals surface area contributed by atoms with Crippen LogP contribution in [0.2, 0.25) is 0 Å². The van der Waals surface area contributed by atoms with Crippen LogP contribution in [0.3, 0.4) is 0 Å². The van der Waals surface area contributed by atoms with Crippen LogP contribution in [-0.4, -0.2) is 25.8 Å². The molecule has 6 nitrogen and oxygen atoms in total. The van der Waals surface area contributed by atoms with Crippen molar-refractivity contribution >= 4 is 33.5 Å². The van der Waals surface area contributed by atoms with Gasteiger partial charge in [-0.3, -0.25) is 0 Å². The van der Waals surface area contributed by atoms with E-state index in [4.69, 9.17) is 4.98 Å². The van der Waals surface area contributed by atoms with Gasteiger partial charge in [0, 0.05) is 22.5 Å². The van der Waals surface area contributed by atoms with E-state index in [9.17, 15) is 0 Å². The van der Waals surface area contributed by atoms with Crippen molar-refractivity contribution in [1.29, 1.82) is 0 Å². The highest BCUT2D eigenvalue weighted by atomic mass is 79.9. The van der Waals surface area contributed by atoms with E-state index in [0.717, 1.165) is 27.1 Å². The van der Waals surface area contributed by atoms with Gasteiger partial charge in [0.05, 0.1) is 5.69 Å². The van der Waals surface area contributed by atoms with Crippen LogP contribution in [0.25, 0.3) is 16.9 Å². The Kier molecular flexibility index (Phi) is 4.44. The molecule has 2 aromatic heterocycles. The molecule has 0 saturated carbocycles. The van der Waals surface area contributed by atoms with E-state index in [2.05, 4.69) is 37.7 Å². The highest BCUT2D eigenvalue weighted by Gasteiger charge is 2.18. The summed E-state index contributed by atoms with van der Waals surface area (Å²) < 4.78 is 2.81. The average Bonchev–Trinajstić information content (AvgIpc) is 2.87. The maximum atomic E-state index is 4.72. The fourth-order valence-electron chi connectivity index (χ4n) is 2.50. The molecule has 0 fully saturated rings. The fourth-order valence-corrected chi connectivity index (χ4v) is 2.77. The Morgan fingerprint density at radius 3 is 2.54 bits per heavy atom. The van der Waals surface area contributed by atoms with Crippen molar-refractivity contribution in [3.05, 3.63) is 53.0 Å². The molecule has 0 atom stereocenters. The first kappa shape index (κ1) is 16.3. The largest absolute Gasteiger partial charge is 0.236 e. The zero-order valence-corrected chi connectivity index (χ0v) is 15.3. The summed E-state index contributed by atoms with van der Waals surface area (Å²) in [5.74, 6) is 2.05. The Morgan fingerprint density at radius 1 is 1.21 bits per heavy atom. The van der Waals surface area contributed by atoms with E-state index in [1.54, 1.807) is 21.9 Å². The number of fused-ring (bicyclic) bond motifs is 1. The number of benzene rings is 1. The third-order valence-electron chi connectivity index (χ3n) is 3.54. The van der Waals surface area contributed by atoms with Gasteiger partial charge in [0.2, 0.25) is 0 Å². The van der Waals surface area contributed by atoms with Crippen LogP contribution in [0.15, 0.2) is 46.6 Å². The number of rotatable bonds is 4. The predicted molar refractivity (Wildman–Crippen MR) is 100 cm³/mol. The molecule has 2 heterocycles. The van der Waals surface area contributed by atoms with E-state index in [1.807, 2.05) is 45.0 Å². The number of hydrazone groups is 1. The summed E-state index contributed by atoms with van der Waals surface area (Å²) >= 11 is 3.45. The molecule has 0 amide bonds. The maximum absolute atomic E-state index is 4.72. The molecule has 0 spiro atoms. The highest BCUT2D eigenvalue weighted by molar-refractivity contribution is 9.10. The molecule has 0 unspecified atom stereocenters. The molecule has 3 aromatic rings. The molecule has 0 aliphatic heterocycles. The third-order valence-corrected chi connectivity index (χ3v) is 4.07. The third kappa shape index (κ3) is 2.82. The molecule has 0 bridgehead atoms. The van der Waals surface area contributed by atoms with Crippen molar-refractivity contribution < 1.29 is 0 Å². The van der Waals surface area contributed by atoms with Crippen molar-refractivity contribution in [2.45, 2.75) is 20.8 Å². The molecule has 0 aliphatic rings. The topological polar surface area (TPSA) is 58.7 Å². The van der Waals surface area contributed by atoms with Crippen molar-refractivity contribution in [2.24, 2.45) is 5.10 Å². The first-order chi connectivity index (χ1) is 11.5. The fraction of sp³-hybridized carbons (Fsp3) is 0.176. The molecular weight excluding hydrogens is 368 g/mol. The van der Waals surface area contributed by atoms with Gasteiger partial charge in [-0.2, -0.15) is 5.10 Å². The standard InChI is InChI=1S/C17H17BrN6/c1-5-19-23(6-2)17-15-11(3)20-12(4)24(15)22-16(21-17)13-7-9-14(18)10-8-13/h5-10H,2H2,1,3-4H3/b19-5-. The second kappa shape index (κ2) is 6.52. The van der Waals surface area contributed by atoms with Gasteiger partial charge in [-0.05, 0) is 32.9 Å². The van der Waals surface area contributed by atoms with Gasteiger partial charge < -0.3 is 0 Å². The number of anilines is 1. The van der Waals surface area contributed by atoms with Crippen LogP contribution in [0.4, 0.5) is 5.82 Å². The Labute approximate surface area is 148 Å². The summed E-state index contributed by atoms with van der Waals surface area (Å²) in [6.07, 6.45) is 3.31. The summed E-state index contributed by atoms with van der Waals surface area (Å²) in [7, 11) is 0. The lowest BCUT2D eigenvalue weighted by Crippen LogP contribution is -2.13. The van der Waals surface area contributed by atoms with Gasteiger partial charge in [-0.15, -0.1) is 5.10 Å². The molecule has 122 valence electrons. The zero-order valence-electron chi connectivity index (χ0n) is 13.7. The molecule has 0 radical (unpaired) electrons. The van der Waals surface area contributed by atoms with Gasteiger partial charge in [0.1, 0.15) is 11.3 Å². The first-order valence-electron chi connectivity index (χ1n) is 7.45. The lowest BCUT2D eigenvalue weighted by molar-refractivity contribution is 0.850. The second-order valence-corrected chi connectivity index (χ2v) is 6.09. The molecular formula is C17H17BrN6. The normalized spacial score (nSPS) is 11.3. The van der Waals surface area contributed by atoms with E-state index in [1.165, 1.54) is 0 Å². The number of imidazole rings is 1. The average molecular weight is 385 g/mol. The number of hydrogen-bond donors (Lipinski definition) is 0. The van der Waals surface area contributed by atoms with Crippen molar-refractivity contribution in [1.82, 2.24) is 19.6 Å². The highest BCUT2D eigenvalue weighted by Crippen LogP contribution is 2.27. The molecule has 0 aliphatic carbocycles. The van der Waals surface area contributed by atoms with Gasteiger partial charge in [0.15, 0.2) is 11.6 Å². The number of nitrogens with zero attached hydrogens (tertiary/aromatic N) is 6. The summed E-state index contributed by atoms with van der Waals surface area (Å²) in [5.41, 5.74) is 2.58. The quantitative estimate of drug-likeness (QED) is 0.501. The monoisotopic (exact) mass is 384 g/mol. The molecule has 0 N–H and O–H groups in total. The lowest BCUT2D eigenvalue weighted by Gasteiger charge is -2.15. The summed E-state index contributed by atoms with van der Waals surface area (Å²) in [4.78, 5) is 9.24. The Morgan fingerprint density at radius 2 is 1.92 bits per heavy atom. The molecule has 0 saturated heterocycles. The van der Waals surface area contributed by atoms with Gasteiger partial charge in [0.25, 0.3) is 0 Å². The smallest absolute Gasteiger partial charge is 0.183 e. The summed E-state index contributed by atoms with van der Waals surface area (Å²) in [5, 5.41) is 10.6. The molecule has 1 aromatic carbocycles. The van der Waals surface area contributed by atoms with Crippen LogP contribution < -0.4 is 5.01 Å². The van der Waals surface area contributed by atoms with Crippen LogP contribution in [0.5, 0.6) is 0 Å². The SMILES string of the molecule is C=CN(/N=C\C)c1nc(-c2ccc(Br)cc2)nn2c(C)nc(C)c12. The van der Waals surface area contributed by atoms with Gasteiger partial charge in [-0.1, -0.05) is 34.6 Å². The predicted octanol–water partition coefficient (Wildman–Crippen LogP) is 4.13. The zero-order chi connectivity index (χ0) is 17.3. The van der Waals surface area contributed by atoms with Crippen LogP contribution in [0.1, 0.15) is 18.4 Å². The van der Waals surface area contributed by atoms with E-state index in [0.29, 0.717) is 11.6 Å². The Bertz CT molecular complexity index is 926. The minimum absolute atomic E-state index is 0.601. The van der Waals surface area contributed by atoms with Crippen molar-refractivity contribution in [3.63, 3.8) is 0 Å². The second-order valence-electron chi connectivity index (χ2n) is 5.17. The Hall–Kier alpha value is -2.54. The van der Waals surface area contributed by atoms with E-state index < -0.39 is 0 Å². The minimum atomic E-state index is 0.601. The molecule has 24 heavy (non-hydrogen) atoms. The molecule has 3 rings (SSSR count). The summed E-state index contributed by atoms with van der Waals surface area (Å²) in [6.45, 7) is 9.53. The number of halogens is 1. The van der Waals surface area contributed by atoms with E-state index >= 15 is 0 Å². The maximum Gasteiger partial charge on any atom is 0.183 e. The van der Waals surface area contributed by atoms with Gasteiger partial charge >= 0.3 is 0 Å².